The maximum Gasteiger partial charge on any atom is 0.0406 e. The number of benzene rings is 2. The summed E-state index contributed by atoms with van der Waals surface area (Å²) in [5, 5.41) is 4.17. The van der Waals surface area contributed by atoms with Gasteiger partial charge in [0.1, 0.15) is 0 Å². The van der Waals surface area contributed by atoms with Crippen molar-refractivity contribution in [2.45, 2.75) is 19.6 Å². The molecular weight excluding hydrogens is 244 g/mol. The molecule has 3 N–H and O–H groups in total. The van der Waals surface area contributed by atoms with Gasteiger partial charge in [-0.15, -0.1) is 0 Å². The Hall–Kier alpha value is -1.35. The predicted molar refractivity (Wildman–Crippen MR) is 76.3 cm³/mol. The number of rotatable bonds is 5. The Morgan fingerprint density at radius 1 is 0.778 bits per heavy atom. The third kappa shape index (κ3) is 3.84. The summed E-state index contributed by atoms with van der Waals surface area (Å²) >= 11 is 5.84. The molecule has 2 aromatic rings. The van der Waals surface area contributed by atoms with Crippen LogP contribution in [0, 0.1) is 0 Å². The minimum Gasteiger partial charge on any atom is -0.326 e. The van der Waals surface area contributed by atoms with E-state index in [9.17, 15) is 0 Å². The van der Waals surface area contributed by atoms with Crippen LogP contribution >= 0.6 is 11.6 Å². The van der Waals surface area contributed by atoms with Gasteiger partial charge in [0, 0.05) is 24.7 Å². The van der Waals surface area contributed by atoms with Crippen LogP contribution in [0.15, 0.2) is 48.5 Å². The number of nitrogens with two attached hydrogens (primary N) is 1. The van der Waals surface area contributed by atoms with E-state index in [0.29, 0.717) is 6.54 Å². The van der Waals surface area contributed by atoms with Gasteiger partial charge in [-0.2, -0.15) is 0 Å². The minimum absolute atomic E-state index is 0.596. The van der Waals surface area contributed by atoms with Crippen LogP contribution in [0.5, 0.6) is 0 Å². The first-order valence-electron chi connectivity index (χ1n) is 6.01. The van der Waals surface area contributed by atoms with E-state index in [-0.39, 0.29) is 0 Å². The summed E-state index contributed by atoms with van der Waals surface area (Å²) in [6.45, 7) is 2.29. The zero-order valence-corrected chi connectivity index (χ0v) is 11.0. The lowest BCUT2D eigenvalue weighted by Gasteiger charge is -2.06. The Labute approximate surface area is 113 Å². The van der Waals surface area contributed by atoms with Crippen LogP contribution in [0.3, 0.4) is 0 Å². The van der Waals surface area contributed by atoms with Gasteiger partial charge in [0.2, 0.25) is 0 Å². The molecular formula is C15H17ClN2. The van der Waals surface area contributed by atoms with Crippen molar-refractivity contribution >= 4 is 11.6 Å². The van der Waals surface area contributed by atoms with Crippen molar-refractivity contribution in [1.82, 2.24) is 5.32 Å². The molecule has 3 heteroatoms. The van der Waals surface area contributed by atoms with Crippen LogP contribution in [0.4, 0.5) is 0 Å². The summed E-state index contributed by atoms with van der Waals surface area (Å²) in [7, 11) is 0. The second kappa shape index (κ2) is 6.55. The first-order valence-corrected chi connectivity index (χ1v) is 6.39. The molecule has 2 nitrogen and oxygen atoms in total. The maximum atomic E-state index is 5.84. The first kappa shape index (κ1) is 13.1. The highest BCUT2D eigenvalue weighted by Crippen LogP contribution is 2.09. The van der Waals surface area contributed by atoms with E-state index in [1.54, 1.807) is 0 Å². The lowest BCUT2D eigenvalue weighted by molar-refractivity contribution is 0.693. The van der Waals surface area contributed by atoms with Gasteiger partial charge in [-0.05, 0) is 28.8 Å². The van der Waals surface area contributed by atoms with Gasteiger partial charge in [-0.25, -0.2) is 0 Å². The number of hydrogen-bond acceptors (Lipinski definition) is 2. The predicted octanol–water partition coefficient (Wildman–Crippen LogP) is 3.09. The van der Waals surface area contributed by atoms with Crippen LogP contribution in [0.1, 0.15) is 16.7 Å². The first-order chi connectivity index (χ1) is 8.78. The SMILES string of the molecule is NCc1ccc(CNCc2ccc(Cl)cc2)cc1. The van der Waals surface area contributed by atoms with E-state index in [0.717, 1.165) is 23.7 Å². The fourth-order valence-electron chi connectivity index (χ4n) is 1.75. The molecule has 94 valence electrons. The van der Waals surface area contributed by atoms with E-state index >= 15 is 0 Å². The monoisotopic (exact) mass is 260 g/mol. The van der Waals surface area contributed by atoms with Crippen LogP contribution in [-0.2, 0) is 19.6 Å². The second-order valence-electron chi connectivity index (χ2n) is 4.25. The number of nitrogens with one attached hydrogen (secondary N) is 1. The van der Waals surface area contributed by atoms with Crippen LogP contribution < -0.4 is 11.1 Å². The van der Waals surface area contributed by atoms with Crippen LogP contribution in [0.25, 0.3) is 0 Å². The largest absolute Gasteiger partial charge is 0.326 e. The molecule has 2 rings (SSSR count). The van der Waals surface area contributed by atoms with E-state index in [2.05, 4.69) is 29.6 Å². The van der Waals surface area contributed by atoms with Gasteiger partial charge in [-0.1, -0.05) is 48.0 Å². The molecule has 0 saturated carbocycles. The van der Waals surface area contributed by atoms with E-state index in [1.807, 2.05) is 24.3 Å². The average Bonchev–Trinajstić information content (AvgIpc) is 2.42. The zero-order chi connectivity index (χ0) is 12.8. The molecule has 0 bridgehead atoms. The van der Waals surface area contributed by atoms with Crippen molar-refractivity contribution in [2.24, 2.45) is 5.73 Å². The molecule has 0 spiro atoms. The molecule has 0 aliphatic carbocycles. The molecule has 0 atom stereocenters. The Balaban J connectivity index is 1.82. The van der Waals surface area contributed by atoms with E-state index in [1.165, 1.54) is 11.1 Å². The third-order valence-electron chi connectivity index (χ3n) is 2.83. The fourth-order valence-corrected chi connectivity index (χ4v) is 1.87. The molecule has 0 fully saturated rings. The van der Waals surface area contributed by atoms with E-state index < -0.39 is 0 Å². The van der Waals surface area contributed by atoms with Gasteiger partial charge < -0.3 is 11.1 Å². The standard InChI is InChI=1S/C15H17ClN2/c16-15-7-5-14(6-8-15)11-18-10-13-3-1-12(9-17)2-4-13/h1-8,18H,9-11,17H2. The summed E-state index contributed by atoms with van der Waals surface area (Å²) in [4.78, 5) is 0. The highest BCUT2D eigenvalue weighted by molar-refractivity contribution is 6.30. The number of hydrogen-bond donors (Lipinski definition) is 2. The van der Waals surface area contributed by atoms with Crippen LogP contribution in [0.2, 0.25) is 5.02 Å². The molecule has 0 amide bonds. The van der Waals surface area contributed by atoms with Gasteiger partial charge in [-0.3, -0.25) is 0 Å². The average molecular weight is 261 g/mol. The molecule has 0 heterocycles. The number of halogens is 1. The van der Waals surface area contributed by atoms with Gasteiger partial charge in [0.25, 0.3) is 0 Å². The molecule has 0 aliphatic heterocycles. The van der Waals surface area contributed by atoms with Crippen molar-refractivity contribution < 1.29 is 0 Å². The quantitative estimate of drug-likeness (QED) is 0.867. The summed E-state index contributed by atoms with van der Waals surface area (Å²) in [6, 6.07) is 16.2. The topological polar surface area (TPSA) is 38.0 Å². The summed E-state index contributed by atoms with van der Waals surface area (Å²) in [5.74, 6) is 0. The van der Waals surface area contributed by atoms with Gasteiger partial charge in [0.15, 0.2) is 0 Å². The van der Waals surface area contributed by atoms with Crippen LogP contribution in [-0.4, -0.2) is 0 Å². The van der Waals surface area contributed by atoms with Gasteiger partial charge in [0.05, 0.1) is 0 Å². The molecule has 2 aromatic carbocycles. The molecule has 0 saturated heterocycles. The summed E-state index contributed by atoms with van der Waals surface area (Å²) < 4.78 is 0. The molecule has 18 heavy (non-hydrogen) atoms. The lowest BCUT2D eigenvalue weighted by atomic mass is 10.1. The van der Waals surface area contributed by atoms with Crippen molar-refractivity contribution in [3.63, 3.8) is 0 Å². The van der Waals surface area contributed by atoms with E-state index in [4.69, 9.17) is 17.3 Å². The minimum atomic E-state index is 0.596. The summed E-state index contributed by atoms with van der Waals surface area (Å²) in [5.41, 5.74) is 9.22. The lowest BCUT2D eigenvalue weighted by Crippen LogP contribution is -2.12. The Morgan fingerprint density at radius 3 is 1.72 bits per heavy atom. The second-order valence-corrected chi connectivity index (χ2v) is 4.69. The Morgan fingerprint density at radius 2 is 1.22 bits per heavy atom. The smallest absolute Gasteiger partial charge is 0.0406 e. The van der Waals surface area contributed by atoms with Crippen molar-refractivity contribution in [2.75, 3.05) is 0 Å². The zero-order valence-electron chi connectivity index (χ0n) is 10.2. The molecule has 0 unspecified atom stereocenters. The van der Waals surface area contributed by atoms with Crippen molar-refractivity contribution in [3.05, 3.63) is 70.2 Å². The molecule has 0 radical (unpaired) electrons. The highest BCUT2D eigenvalue weighted by Gasteiger charge is 1.95. The van der Waals surface area contributed by atoms with Crippen molar-refractivity contribution in [3.8, 4) is 0 Å². The molecule has 0 aliphatic rings. The highest BCUT2D eigenvalue weighted by atomic mass is 35.5. The Kier molecular flexibility index (Phi) is 4.76. The maximum absolute atomic E-state index is 5.84. The fraction of sp³-hybridized carbons (Fsp3) is 0.200. The summed E-state index contributed by atoms with van der Waals surface area (Å²) in [6.07, 6.45) is 0. The normalized spacial score (nSPS) is 10.6. The Bertz CT molecular complexity index is 477. The third-order valence-corrected chi connectivity index (χ3v) is 3.08. The van der Waals surface area contributed by atoms with Crippen molar-refractivity contribution in [1.29, 1.82) is 0 Å². The van der Waals surface area contributed by atoms with Gasteiger partial charge >= 0.3 is 0 Å². The molecule has 0 aromatic heterocycles.